The van der Waals surface area contributed by atoms with Gasteiger partial charge in [-0.2, -0.15) is 5.26 Å². The Morgan fingerprint density at radius 3 is 2.88 bits per heavy atom. The molecule has 1 unspecified atom stereocenters. The van der Waals surface area contributed by atoms with Gasteiger partial charge in [-0.1, -0.05) is 12.1 Å². The highest BCUT2D eigenvalue weighted by Gasteiger charge is 2.23. The Morgan fingerprint density at radius 2 is 2.21 bits per heavy atom. The third-order valence-corrected chi connectivity index (χ3v) is 4.06. The zero-order chi connectivity index (χ0) is 17.1. The van der Waals surface area contributed by atoms with Gasteiger partial charge in [0.25, 0.3) is 0 Å². The normalized spacial score (nSPS) is 17.0. The van der Waals surface area contributed by atoms with Gasteiger partial charge in [0.1, 0.15) is 17.6 Å². The number of hydrogen-bond donors (Lipinski definition) is 1. The van der Waals surface area contributed by atoms with Crippen LogP contribution in [0, 0.1) is 11.3 Å². The number of pyridine rings is 1. The van der Waals surface area contributed by atoms with Crippen LogP contribution in [0.2, 0.25) is 0 Å². The zero-order valence-corrected chi connectivity index (χ0v) is 14.0. The maximum Gasteiger partial charge on any atom is 0.142 e. The van der Waals surface area contributed by atoms with Crippen molar-refractivity contribution in [2.75, 3.05) is 18.9 Å². The second kappa shape index (κ2) is 6.90. The van der Waals surface area contributed by atoms with Gasteiger partial charge >= 0.3 is 0 Å². The lowest BCUT2D eigenvalue weighted by Gasteiger charge is -2.15. The van der Waals surface area contributed by atoms with Gasteiger partial charge in [-0.05, 0) is 44.0 Å². The van der Waals surface area contributed by atoms with Crippen LogP contribution in [0.25, 0.3) is 11.3 Å². The molecule has 1 aliphatic rings. The summed E-state index contributed by atoms with van der Waals surface area (Å²) in [5.74, 6) is 1.25. The van der Waals surface area contributed by atoms with Crippen molar-refractivity contribution in [3.63, 3.8) is 0 Å². The number of anilines is 1. The maximum atomic E-state index is 9.43. The monoisotopic (exact) mass is 323 g/mol. The number of nitrogens with zero attached hydrogens (tertiary/aromatic N) is 2. The molecule has 3 rings (SSSR count). The van der Waals surface area contributed by atoms with Gasteiger partial charge in [-0.3, -0.25) is 0 Å². The Balaban J connectivity index is 2.04. The van der Waals surface area contributed by atoms with Gasteiger partial charge in [0.05, 0.1) is 24.0 Å². The molecule has 0 amide bonds. The lowest BCUT2D eigenvalue weighted by Crippen LogP contribution is -2.07. The van der Waals surface area contributed by atoms with Crippen LogP contribution < -0.4 is 10.5 Å². The lowest BCUT2D eigenvalue weighted by atomic mass is 9.93. The highest BCUT2D eigenvalue weighted by atomic mass is 16.5. The van der Waals surface area contributed by atoms with Crippen LogP contribution in [-0.4, -0.2) is 24.3 Å². The van der Waals surface area contributed by atoms with E-state index in [0.29, 0.717) is 18.8 Å². The highest BCUT2D eigenvalue weighted by molar-refractivity contribution is 5.68. The molecular formula is C19H21N3O2. The molecule has 5 nitrogen and oxygen atoms in total. The molecule has 1 aromatic carbocycles. The number of benzene rings is 1. The van der Waals surface area contributed by atoms with E-state index < -0.39 is 0 Å². The first-order chi connectivity index (χ1) is 11.6. The van der Waals surface area contributed by atoms with Gasteiger partial charge in [0, 0.05) is 18.1 Å². The third kappa shape index (κ3) is 3.34. The average molecular weight is 323 g/mol. The van der Waals surface area contributed by atoms with Crippen molar-refractivity contribution >= 4 is 5.82 Å². The molecule has 1 saturated heterocycles. The standard InChI is InChI=1S/C19H21N3O2/c1-12(2)24-15-5-3-4-13(8-15)18-9-16(14-6-7-23-11-14)17(10-20)19(21)22-18/h3-5,8-9,12,14H,6-7,11H2,1-2H3,(H2,21,22). The Bertz CT molecular complexity index is 775. The molecule has 1 aromatic heterocycles. The Morgan fingerprint density at radius 1 is 1.38 bits per heavy atom. The topological polar surface area (TPSA) is 81.2 Å². The third-order valence-electron chi connectivity index (χ3n) is 4.06. The second-order valence-electron chi connectivity index (χ2n) is 6.22. The fourth-order valence-electron chi connectivity index (χ4n) is 2.96. The van der Waals surface area contributed by atoms with Crippen LogP contribution in [0.1, 0.15) is 37.3 Å². The van der Waals surface area contributed by atoms with Crippen LogP contribution in [0.4, 0.5) is 5.82 Å². The smallest absolute Gasteiger partial charge is 0.142 e. The Labute approximate surface area is 142 Å². The first kappa shape index (κ1) is 16.3. The molecule has 1 aliphatic heterocycles. The lowest BCUT2D eigenvalue weighted by molar-refractivity contribution is 0.194. The van der Waals surface area contributed by atoms with Crippen molar-refractivity contribution in [3.8, 4) is 23.1 Å². The van der Waals surface area contributed by atoms with E-state index in [-0.39, 0.29) is 17.8 Å². The van der Waals surface area contributed by atoms with Gasteiger partial charge in [0.2, 0.25) is 0 Å². The summed E-state index contributed by atoms with van der Waals surface area (Å²) in [6.45, 7) is 5.31. The number of nitrogens with two attached hydrogens (primary N) is 1. The first-order valence-corrected chi connectivity index (χ1v) is 8.14. The van der Waals surface area contributed by atoms with Crippen LogP contribution in [0.15, 0.2) is 30.3 Å². The van der Waals surface area contributed by atoms with Crippen molar-refractivity contribution in [2.24, 2.45) is 0 Å². The number of aromatic nitrogens is 1. The molecule has 1 fully saturated rings. The van der Waals surface area contributed by atoms with Gasteiger partial charge in [-0.25, -0.2) is 4.98 Å². The number of nitriles is 1. The van der Waals surface area contributed by atoms with E-state index in [4.69, 9.17) is 15.2 Å². The highest BCUT2D eigenvalue weighted by Crippen LogP contribution is 2.33. The van der Waals surface area contributed by atoms with E-state index in [1.54, 1.807) is 0 Å². The fourth-order valence-corrected chi connectivity index (χ4v) is 2.96. The SMILES string of the molecule is CC(C)Oc1cccc(-c2cc(C3CCOC3)c(C#N)c(N)n2)c1. The molecule has 0 spiro atoms. The van der Waals surface area contributed by atoms with Crippen molar-refractivity contribution in [1.82, 2.24) is 4.98 Å². The molecule has 2 N–H and O–H groups in total. The quantitative estimate of drug-likeness (QED) is 0.931. The summed E-state index contributed by atoms with van der Waals surface area (Å²) in [7, 11) is 0. The van der Waals surface area contributed by atoms with Crippen LogP contribution in [0.5, 0.6) is 5.75 Å². The van der Waals surface area contributed by atoms with Gasteiger partial charge < -0.3 is 15.2 Å². The van der Waals surface area contributed by atoms with Crippen molar-refractivity contribution in [2.45, 2.75) is 32.3 Å². The van der Waals surface area contributed by atoms with Crippen molar-refractivity contribution in [3.05, 3.63) is 41.5 Å². The van der Waals surface area contributed by atoms with E-state index >= 15 is 0 Å². The predicted octanol–water partition coefficient (Wildman–Crippen LogP) is 3.49. The van der Waals surface area contributed by atoms with Crippen molar-refractivity contribution in [1.29, 1.82) is 5.26 Å². The summed E-state index contributed by atoms with van der Waals surface area (Å²) in [5.41, 5.74) is 9.11. The molecule has 1 atom stereocenters. The molecule has 0 bridgehead atoms. The number of rotatable bonds is 4. The number of ether oxygens (including phenoxy) is 2. The minimum absolute atomic E-state index is 0.102. The summed E-state index contributed by atoms with van der Waals surface area (Å²) in [5, 5.41) is 9.43. The first-order valence-electron chi connectivity index (χ1n) is 8.14. The summed E-state index contributed by atoms with van der Waals surface area (Å²) in [4.78, 5) is 4.43. The van der Waals surface area contributed by atoms with Gasteiger partial charge in [-0.15, -0.1) is 0 Å². The Kier molecular flexibility index (Phi) is 4.68. The summed E-state index contributed by atoms with van der Waals surface area (Å²) < 4.78 is 11.2. The summed E-state index contributed by atoms with van der Waals surface area (Å²) in [6.07, 6.45) is 0.999. The van der Waals surface area contributed by atoms with E-state index in [0.717, 1.165) is 29.0 Å². The van der Waals surface area contributed by atoms with E-state index in [1.165, 1.54) is 0 Å². The largest absolute Gasteiger partial charge is 0.491 e. The number of nitrogen functional groups attached to an aromatic ring is 1. The number of hydrogen-bond acceptors (Lipinski definition) is 5. The molecule has 2 aromatic rings. The van der Waals surface area contributed by atoms with Crippen LogP contribution >= 0.6 is 0 Å². The molecule has 0 aliphatic carbocycles. The molecule has 24 heavy (non-hydrogen) atoms. The predicted molar refractivity (Wildman–Crippen MR) is 92.7 cm³/mol. The molecule has 0 saturated carbocycles. The maximum absolute atomic E-state index is 9.43. The van der Waals surface area contributed by atoms with E-state index in [9.17, 15) is 5.26 Å². The molecular weight excluding hydrogens is 302 g/mol. The Hall–Kier alpha value is -2.58. The fraction of sp³-hybridized carbons (Fsp3) is 0.368. The van der Waals surface area contributed by atoms with Crippen LogP contribution in [0.3, 0.4) is 0 Å². The second-order valence-corrected chi connectivity index (χ2v) is 6.22. The molecule has 5 heteroatoms. The summed E-state index contributed by atoms with van der Waals surface area (Å²) in [6, 6.07) is 11.9. The average Bonchev–Trinajstić information content (AvgIpc) is 3.08. The minimum Gasteiger partial charge on any atom is -0.491 e. The summed E-state index contributed by atoms with van der Waals surface area (Å²) >= 11 is 0. The molecule has 2 heterocycles. The van der Waals surface area contributed by atoms with Crippen LogP contribution in [-0.2, 0) is 4.74 Å². The van der Waals surface area contributed by atoms with E-state index in [2.05, 4.69) is 11.1 Å². The van der Waals surface area contributed by atoms with E-state index in [1.807, 2.05) is 44.2 Å². The van der Waals surface area contributed by atoms with Gasteiger partial charge in [0.15, 0.2) is 0 Å². The molecule has 0 radical (unpaired) electrons. The minimum atomic E-state index is 0.102. The molecule has 124 valence electrons. The van der Waals surface area contributed by atoms with Crippen molar-refractivity contribution < 1.29 is 9.47 Å². The zero-order valence-electron chi connectivity index (χ0n) is 14.0.